The van der Waals surface area contributed by atoms with Crippen LogP contribution < -0.4 is 9.46 Å². The topological polar surface area (TPSA) is 55.4 Å². The van der Waals surface area contributed by atoms with Gasteiger partial charge in [0.2, 0.25) is 0 Å². The number of halogens is 3. The van der Waals surface area contributed by atoms with E-state index in [1.165, 1.54) is 0 Å². The summed E-state index contributed by atoms with van der Waals surface area (Å²) in [4.78, 5) is -0.158. The van der Waals surface area contributed by atoms with Crippen molar-refractivity contribution < 1.29 is 26.3 Å². The number of nitrogens with one attached hydrogen (secondary N) is 1. The summed E-state index contributed by atoms with van der Waals surface area (Å²) in [5, 5.41) is 0. The van der Waals surface area contributed by atoms with Crippen LogP contribution in [0, 0.1) is 13.8 Å². The SMILES string of the molecule is Cc1cccc(C)c1NS(=O)(=O)c1ccc(OC(F)(F)F)cc1. The Morgan fingerprint density at radius 3 is 1.96 bits per heavy atom. The van der Waals surface area contributed by atoms with Crippen molar-refractivity contribution in [3.63, 3.8) is 0 Å². The molecule has 0 aliphatic rings. The van der Waals surface area contributed by atoms with Crippen molar-refractivity contribution in [1.82, 2.24) is 0 Å². The molecule has 23 heavy (non-hydrogen) atoms. The maximum Gasteiger partial charge on any atom is 0.573 e. The van der Waals surface area contributed by atoms with Crippen LogP contribution >= 0.6 is 0 Å². The number of rotatable bonds is 4. The van der Waals surface area contributed by atoms with Crippen LogP contribution in [0.1, 0.15) is 11.1 Å². The number of alkyl halides is 3. The van der Waals surface area contributed by atoms with Gasteiger partial charge in [0.15, 0.2) is 0 Å². The molecule has 0 spiro atoms. The molecule has 0 aliphatic carbocycles. The summed E-state index contributed by atoms with van der Waals surface area (Å²) < 4.78 is 67.1. The van der Waals surface area contributed by atoms with Gasteiger partial charge in [-0.15, -0.1) is 13.2 Å². The van der Waals surface area contributed by atoms with E-state index in [1.807, 2.05) is 0 Å². The molecule has 0 heterocycles. The molecule has 0 amide bonds. The van der Waals surface area contributed by atoms with E-state index in [1.54, 1.807) is 32.0 Å². The first-order chi connectivity index (χ1) is 10.6. The van der Waals surface area contributed by atoms with Crippen molar-refractivity contribution in [3.8, 4) is 5.75 Å². The highest BCUT2D eigenvalue weighted by atomic mass is 32.2. The fourth-order valence-corrected chi connectivity index (χ4v) is 3.19. The van der Waals surface area contributed by atoms with Gasteiger partial charge in [0.25, 0.3) is 10.0 Å². The van der Waals surface area contributed by atoms with Gasteiger partial charge >= 0.3 is 6.36 Å². The second-order valence-electron chi connectivity index (χ2n) is 4.89. The molecule has 2 rings (SSSR count). The molecule has 0 radical (unpaired) electrons. The van der Waals surface area contributed by atoms with Gasteiger partial charge in [-0.2, -0.15) is 0 Å². The summed E-state index contributed by atoms with van der Waals surface area (Å²) in [6.45, 7) is 3.51. The zero-order chi connectivity index (χ0) is 17.3. The van der Waals surface area contributed by atoms with Crippen molar-refractivity contribution in [2.75, 3.05) is 4.72 Å². The molecular weight excluding hydrogens is 331 g/mol. The maximum atomic E-state index is 12.3. The van der Waals surface area contributed by atoms with Gasteiger partial charge < -0.3 is 4.74 Å². The lowest BCUT2D eigenvalue weighted by Crippen LogP contribution is -2.17. The monoisotopic (exact) mass is 345 g/mol. The molecule has 0 aromatic heterocycles. The molecule has 2 aromatic carbocycles. The lowest BCUT2D eigenvalue weighted by molar-refractivity contribution is -0.274. The van der Waals surface area contributed by atoms with Gasteiger partial charge in [-0.25, -0.2) is 8.42 Å². The summed E-state index contributed by atoms with van der Waals surface area (Å²) in [5.41, 5.74) is 1.93. The van der Waals surface area contributed by atoms with Crippen LogP contribution in [-0.2, 0) is 10.0 Å². The van der Waals surface area contributed by atoms with Crippen molar-refractivity contribution in [2.24, 2.45) is 0 Å². The highest BCUT2D eigenvalue weighted by Gasteiger charge is 2.31. The minimum atomic E-state index is -4.82. The van der Waals surface area contributed by atoms with Crippen LogP contribution in [0.25, 0.3) is 0 Å². The van der Waals surface area contributed by atoms with E-state index < -0.39 is 22.1 Å². The molecule has 0 saturated carbocycles. The van der Waals surface area contributed by atoms with E-state index in [2.05, 4.69) is 9.46 Å². The fraction of sp³-hybridized carbons (Fsp3) is 0.200. The zero-order valence-electron chi connectivity index (χ0n) is 12.3. The first kappa shape index (κ1) is 17.1. The first-order valence-electron chi connectivity index (χ1n) is 6.53. The molecular formula is C15H14F3NO3S. The second kappa shape index (κ2) is 6.11. The number of para-hydroxylation sites is 1. The number of ether oxygens (including phenoxy) is 1. The Morgan fingerprint density at radius 1 is 0.957 bits per heavy atom. The number of anilines is 1. The van der Waals surface area contributed by atoms with Gasteiger partial charge in [0.1, 0.15) is 5.75 Å². The minimum Gasteiger partial charge on any atom is -0.406 e. The molecule has 2 aromatic rings. The third-order valence-corrected chi connectivity index (χ3v) is 4.45. The van der Waals surface area contributed by atoms with Gasteiger partial charge in [-0.05, 0) is 49.2 Å². The van der Waals surface area contributed by atoms with Crippen LogP contribution in [0.4, 0.5) is 18.9 Å². The Kier molecular flexibility index (Phi) is 4.56. The van der Waals surface area contributed by atoms with Crippen LogP contribution in [0.2, 0.25) is 0 Å². The average Bonchev–Trinajstić information content (AvgIpc) is 2.42. The van der Waals surface area contributed by atoms with E-state index in [4.69, 9.17) is 0 Å². The van der Waals surface area contributed by atoms with Crippen LogP contribution in [0.15, 0.2) is 47.4 Å². The Morgan fingerprint density at radius 2 is 1.48 bits per heavy atom. The summed E-state index contributed by atoms with van der Waals surface area (Å²) >= 11 is 0. The number of aryl methyl sites for hydroxylation is 2. The van der Waals surface area contributed by atoms with Crippen LogP contribution in [0.3, 0.4) is 0 Å². The number of benzene rings is 2. The van der Waals surface area contributed by atoms with E-state index in [9.17, 15) is 21.6 Å². The van der Waals surface area contributed by atoms with Gasteiger partial charge in [-0.3, -0.25) is 4.72 Å². The van der Waals surface area contributed by atoms with E-state index in [-0.39, 0.29) is 4.90 Å². The Hall–Kier alpha value is -2.22. The smallest absolute Gasteiger partial charge is 0.406 e. The molecule has 0 aliphatic heterocycles. The van der Waals surface area contributed by atoms with E-state index in [0.717, 1.165) is 35.4 Å². The Bertz CT molecular complexity index is 779. The van der Waals surface area contributed by atoms with Gasteiger partial charge in [0, 0.05) is 0 Å². The van der Waals surface area contributed by atoms with Gasteiger partial charge in [0.05, 0.1) is 10.6 Å². The molecule has 124 valence electrons. The second-order valence-corrected chi connectivity index (χ2v) is 6.57. The highest BCUT2D eigenvalue weighted by Crippen LogP contribution is 2.26. The molecule has 4 nitrogen and oxygen atoms in total. The predicted molar refractivity (Wildman–Crippen MR) is 79.8 cm³/mol. The quantitative estimate of drug-likeness (QED) is 0.911. The Labute approximate surface area is 132 Å². The predicted octanol–water partition coefficient (Wildman–Crippen LogP) is 4.00. The number of hydrogen-bond acceptors (Lipinski definition) is 3. The largest absolute Gasteiger partial charge is 0.573 e. The van der Waals surface area contributed by atoms with Crippen molar-refractivity contribution in [1.29, 1.82) is 0 Å². The third-order valence-electron chi connectivity index (χ3n) is 3.09. The highest BCUT2D eigenvalue weighted by molar-refractivity contribution is 7.92. The molecule has 0 unspecified atom stereocenters. The average molecular weight is 345 g/mol. The van der Waals surface area contributed by atoms with E-state index in [0.29, 0.717) is 5.69 Å². The summed E-state index contributed by atoms with van der Waals surface area (Å²) in [7, 11) is -3.91. The molecule has 8 heteroatoms. The molecule has 0 fully saturated rings. The van der Waals surface area contributed by atoms with E-state index >= 15 is 0 Å². The van der Waals surface area contributed by atoms with Crippen LogP contribution in [-0.4, -0.2) is 14.8 Å². The van der Waals surface area contributed by atoms with Crippen molar-refractivity contribution in [3.05, 3.63) is 53.6 Å². The summed E-state index contributed by atoms with van der Waals surface area (Å²) in [6.07, 6.45) is -4.82. The number of hydrogen-bond donors (Lipinski definition) is 1. The lowest BCUT2D eigenvalue weighted by Gasteiger charge is -2.14. The first-order valence-corrected chi connectivity index (χ1v) is 8.02. The van der Waals surface area contributed by atoms with Gasteiger partial charge in [-0.1, -0.05) is 18.2 Å². The van der Waals surface area contributed by atoms with Crippen molar-refractivity contribution in [2.45, 2.75) is 25.1 Å². The lowest BCUT2D eigenvalue weighted by atomic mass is 10.1. The Balaban J connectivity index is 2.26. The summed E-state index contributed by atoms with van der Waals surface area (Å²) in [5.74, 6) is -0.483. The number of sulfonamides is 1. The molecule has 1 N–H and O–H groups in total. The van der Waals surface area contributed by atoms with Crippen LogP contribution in [0.5, 0.6) is 5.75 Å². The minimum absolute atomic E-state index is 0.158. The molecule has 0 atom stereocenters. The normalized spacial score (nSPS) is 12.0. The maximum absolute atomic E-state index is 12.3. The zero-order valence-corrected chi connectivity index (χ0v) is 13.1. The molecule has 0 bridgehead atoms. The summed E-state index contributed by atoms with van der Waals surface area (Å²) in [6, 6.07) is 9.32. The fourth-order valence-electron chi connectivity index (χ4n) is 1.99. The standard InChI is InChI=1S/C15H14F3NO3S/c1-10-4-3-5-11(2)14(10)19-23(20,21)13-8-6-12(7-9-13)22-15(16,17)18/h3-9,19H,1-2H3. The van der Waals surface area contributed by atoms with Crippen molar-refractivity contribution >= 4 is 15.7 Å². The third kappa shape index (κ3) is 4.38. The molecule has 0 saturated heterocycles.